The number of nitrogens with one attached hydrogen (secondary N) is 4. The molecule has 3 amide bonds. The van der Waals surface area contributed by atoms with E-state index in [1.165, 1.54) is 19.4 Å². The van der Waals surface area contributed by atoms with E-state index in [1.807, 2.05) is 0 Å². The summed E-state index contributed by atoms with van der Waals surface area (Å²) in [5.74, 6) is -3.91. The monoisotopic (exact) mass is 511 g/mol. The Hall–Kier alpha value is -3.72. The van der Waals surface area contributed by atoms with E-state index in [0.717, 1.165) is 0 Å². The molecule has 0 aliphatic heterocycles. The number of hydrogen-bond donors (Lipinski definition) is 9. The summed E-state index contributed by atoms with van der Waals surface area (Å²) in [6.45, 7) is 4.94. The van der Waals surface area contributed by atoms with E-state index in [0.29, 0.717) is 12.1 Å². The average molecular weight is 512 g/mol. The van der Waals surface area contributed by atoms with Crippen molar-refractivity contribution in [2.45, 2.75) is 70.3 Å². The van der Waals surface area contributed by atoms with Crippen LogP contribution in [0, 0.1) is 5.92 Å². The van der Waals surface area contributed by atoms with Gasteiger partial charge in [-0.25, -0.2) is 9.78 Å². The van der Waals surface area contributed by atoms with Gasteiger partial charge < -0.3 is 48.3 Å². The molecule has 0 radical (unpaired) electrons. The first kappa shape index (κ1) is 30.3. The first-order valence-electron chi connectivity index (χ1n) is 11.4. The number of aliphatic hydroxyl groups is 1. The second-order valence-corrected chi connectivity index (χ2v) is 8.69. The van der Waals surface area contributed by atoms with Crippen molar-refractivity contribution < 1.29 is 29.4 Å². The Morgan fingerprint density at radius 2 is 1.69 bits per heavy atom. The molecule has 0 saturated heterocycles. The number of H-pyrrole nitrogens is 1. The lowest BCUT2D eigenvalue weighted by atomic mass is 10.0. The molecule has 5 unspecified atom stereocenters. The third-order valence-electron chi connectivity index (χ3n) is 5.26. The van der Waals surface area contributed by atoms with Gasteiger partial charge in [0.1, 0.15) is 18.1 Å². The molecular weight excluding hydrogens is 474 g/mol. The molecule has 1 aromatic rings. The minimum atomic E-state index is -1.50. The summed E-state index contributed by atoms with van der Waals surface area (Å²) in [7, 11) is 0. The Balaban J connectivity index is 2.97. The molecule has 1 rings (SSSR count). The molecule has 0 spiro atoms. The molecule has 0 bridgehead atoms. The second kappa shape index (κ2) is 14.6. The van der Waals surface area contributed by atoms with E-state index in [4.69, 9.17) is 17.2 Å². The Morgan fingerprint density at radius 3 is 2.19 bits per heavy atom. The Morgan fingerprint density at radius 1 is 1.06 bits per heavy atom. The average Bonchev–Trinajstić information content (AvgIpc) is 3.30. The maximum Gasteiger partial charge on any atom is 0.326 e. The van der Waals surface area contributed by atoms with E-state index in [2.05, 4.69) is 30.9 Å². The third kappa shape index (κ3) is 10.3. The van der Waals surface area contributed by atoms with Crippen molar-refractivity contribution in [3.8, 4) is 0 Å². The smallest absolute Gasteiger partial charge is 0.326 e. The third-order valence-corrected chi connectivity index (χ3v) is 5.26. The SMILES string of the molecule is CC(C)C(N)C(=O)NC(CCCN=C(N)N)C(=O)NC(C(=O)NC(Cc1cnc[nH]1)C(=O)O)C(C)O. The predicted octanol–water partition coefficient (Wildman–Crippen LogP) is -3.09. The van der Waals surface area contributed by atoms with Crippen LogP contribution < -0.4 is 33.2 Å². The fraction of sp³-hybridized carbons (Fsp3) is 0.619. The van der Waals surface area contributed by atoms with Crippen molar-refractivity contribution in [3.63, 3.8) is 0 Å². The van der Waals surface area contributed by atoms with Crippen LogP contribution in [0.5, 0.6) is 0 Å². The highest BCUT2D eigenvalue weighted by atomic mass is 16.4. The van der Waals surface area contributed by atoms with Gasteiger partial charge in [-0.2, -0.15) is 0 Å². The molecule has 0 aliphatic rings. The molecule has 1 heterocycles. The number of aromatic nitrogens is 2. The molecule has 36 heavy (non-hydrogen) atoms. The summed E-state index contributed by atoms with van der Waals surface area (Å²) in [5, 5.41) is 26.9. The summed E-state index contributed by atoms with van der Waals surface area (Å²) in [4.78, 5) is 60.3. The van der Waals surface area contributed by atoms with Gasteiger partial charge in [-0.15, -0.1) is 0 Å². The van der Waals surface area contributed by atoms with Gasteiger partial charge >= 0.3 is 5.97 Å². The van der Waals surface area contributed by atoms with Crippen LogP contribution in [0.1, 0.15) is 39.3 Å². The van der Waals surface area contributed by atoms with Gasteiger partial charge in [-0.05, 0) is 25.7 Å². The number of carboxylic acids is 1. The summed E-state index contributed by atoms with van der Waals surface area (Å²) >= 11 is 0. The van der Waals surface area contributed by atoms with E-state index >= 15 is 0 Å². The van der Waals surface area contributed by atoms with Crippen molar-refractivity contribution in [1.29, 1.82) is 0 Å². The molecule has 15 heteroatoms. The maximum absolute atomic E-state index is 13.0. The number of carbonyl (C=O) groups is 4. The van der Waals surface area contributed by atoms with Crippen LogP contribution in [-0.4, -0.2) is 86.6 Å². The number of aliphatic imine (C=N–C) groups is 1. The van der Waals surface area contributed by atoms with Gasteiger partial charge in [0.05, 0.1) is 18.5 Å². The molecule has 0 fully saturated rings. The Labute approximate surface area is 208 Å². The number of carboxylic acid groups (broad SMARTS) is 1. The van der Waals surface area contributed by atoms with Crippen LogP contribution in [0.15, 0.2) is 17.5 Å². The van der Waals surface area contributed by atoms with Crippen LogP contribution in [0.25, 0.3) is 0 Å². The standard InChI is InChI=1S/C21H37N9O6/c1-10(2)15(22)18(33)28-13(5-4-6-26-21(23)24)17(32)30-16(11(3)31)19(34)29-14(20(35)36)7-12-8-25-9-27-12/h8-11,13-16,31H,4-7,22H2,1-3H3,(H,25,27)(H,28,33)(H,29,34)(H,30,32)(H,35,36)(H4,23,24,26). The number of nitrogens with two attached hydrogens (primary N) is 3. The molecule has 1 aromatic heterocycles. The lowest BCUT2D eigenvalue weighted by Crippen LogP contribution is -2.60. The highest BCUT2D eigenvalue weighted by Crippen LogP contribution is 2.06. The molecule has 0 saturated carbocycles. The van der Waals surface area contributed by atoms with Gasteiger partial charge in [0.25, 0.3) is 0 Å². The van der Waals surface area contributed by atoms with E-state index in [-0.39, 0.29) is 31.3 Å². The Bertz CT molecular complexity index is 900. The van der Waals surface area contributed by atoms with Crippen LogP contribution in [-0.2, 0) is 25.6 Å². The van der Waals surface area contributed by atoms with Crippen molar-refractivity contribution >= 4 is 29.7 Å². The topological polar surface area (TPSA) is 264 Å². The number of nitrogens with zero attached hydrogens (tertiary/aromatic N) is 2. The van der Waals surface area contributed by atoms with Crippen LogP contribution in [0.3, 0.4) is 0 Å². The van der Waals surface area contributed by atoms with E-state index in [9.17, 15) is 29.4 Å². The second-order valence-electron chi connectivity index (χ2n) is 8.69. The van der Waals surface area contributed by atoms with Crippen LogP contribution in [0.4, 0.5) is 0 Å². The summed E-state index contributed by atoms with van der Waals surface area (Å²) < 4.78 is 0. The first-order chi connectivity index (χ1) is 16.8. The number of aliphatic carboxylic acids is 1. The van der Waals surface area contributed by atoms with Crippen molar-refractivity contribution in [3.05, 3.63) is 18.2 Å². The van der Waals surface area contributed by atoms with Gasteiger partial charge in [0, 0.05) is 24.9 Å². The molecular formula is C21H37N9O6. The fourth-order valence-corrected chi connectivity index (χ4v) is 3.08. The number of aromatic amines is 1. The van der Waals surface area contributed by atoms with Crippen molar-refractivity contribution in [1.82, 2.24) is 25.9 Å². The molecule has 202 valence electrons. The molecule has 12 N–H and O–H groups in total. The zero-order valence-electron chi connectivity index (χ0n) is 20.6. The molecule has 5 atom stereocenters. The number of rotatable bonds is 15. The summed E-state index contributed by atoms with van der Waals surface area (Å²) in [5.41, 5.74) is 16.9. The maximum atomic E-state index is 13.0. The largest absolute Gasteiger partial charge is 0.480 e. The Kier molecular flexibility index (Phi) is 12.3. The minimum Gasteiger partial charge on any atom is -0.480 e. The first-order valence-corrected chi connectivity index (χ1v) is 11.4. The van der Waals surface area contributed by atoms with Crippen molar-refractivity contribution in [2.75, 3.05) is 6.54 Å². The lowest BCUT2D eigenvalue weighted by molar-refractivity contribution is -0.143. The molecule has 0 aromatic carbocycles. The fourth-order valence-electron chi connectivity index (χ4n) is 3.08. The molecule has 0 aliphatic carbocycles. The number of guanidine groups is 1. The number of aliphatic hydroxyl groups excluding tert-OH is 1. The normalized spacial score (nSPS) is 15.2. The lowest BCUT2D eigenvalue weighted by Gasteiger charge is -2.27. The van der Waals surface area contributed by atoms with Gasteiger partial charge in [0.2, 0.25) is 17.7 Å². The zero-order valence-corrected chi connectivity index (χ0v) is 20.6. The van der Waals surface area contributed by atoms with Crippen molar-refractivity contribution in [2.24, 2.45) is 28.1 Å². The number of imidazole rings is 1. The van der Waals surface area contributed by atoms with Crippen LogP contribution in [0.2, 0.25) is 0 Å². The summed E-state index contributed by atoms with van der Waals surface area (Å²) in [6.07, 6.45) is 1.70. The van der Waals surface area contributed by atoms with Gasteiger partial charge in [-0.1, -0.05) is 13.8 Å². The van der Waals surface area contributed by atoms with Gasteiger partial charge in [-0.3, -0.25) is 19.4 Å². The van der Waals surface area contributed by atoms with E-state index in [1.54, 1.807) is 13.8 Å². The predicted molar refractivity (Wildman–Crippen MR) is 130 cm³/mol. The summed E-state index contributed by atoms with van der Waals surface area (Å²) in [6, 6.07) is -4.86. The quantitative estimate of drug-likeness (QED) is 0.0650. The number of amides is 3. The molecule has 15 nitrogen and oxygen atoms in total. The number of carbonyl (C=O) groups excluding carboxylic acids is 3. The highest BCUT2D eigenvalue weighted by Gasteiger charge is 2.33. The van der Waals surface area contributed by atoms with Gasteiger partial charge in [0.15, 0.2) is 5.96 Å². The number of hydrogen-bond acceptors (Lipinski definition) is 8. The van der Waals surface area contributed by atoms with Crippen LogP contribution >= 0.6 is 0 Å². The minimum absolute atomic E-state index is 0.0991. The zero-order chi connectivity index (χ0) is 27.4. The van der Waals surface area contributed by atoms with E-state index < -0.39 is 54.0 Å². The highest BCUT2D eigenvalue weighted by molar-refractivity contribution is 5.94.